The van der Waals surface area contributed by atoms with Crippen molar-refractivity contribution in [3.8, 4) is 0 Å². The van der Waals surface area contributed by atoms with Crippen molar-refractivity contribution in [2.24, 2.45) is 12.0 Å². The number of nitrogens with one attached hydrogen (secondary N) is 3. The number of rotatable bonds is 7. The van der Waals surface area contributed by atoms with Crippen LogP contribution in [0.1, 0.15) is 30.4 Å². The second-order valence-electron chi connectivity index (χ2n) is 5.05. The van der Waals surface area contributed by atoms with Gasteiger partial charge in [0.1, 0.15) is 18.7 Å². The van der Waals surface area contributed by atoms with Gasteiger partial charge in [-0.15, -0.1) is 0 Å². The van der Waals surface area contributed by atoms with Crippen molar-refractivity contribution in [1.82, 2.24) is 35.6 Å². The summed E-state index contributed by atoms with van der Waals surface area (Å²) in [5.74, 6) is 1.64. The normalized spacial score (nSPS) is 11.7. The maximum absolute atomic E-state index is 4.52. The molecule has 3 N–H and O–H groups in total. The van der Waals surface area contributed by atoms with Crippen LogP contribution in [0, 0.1) is 6.92 Å². The number of H-pyrrole nitrogens is 1. The van der Waals surface area contributed by atoms with Crippen LogP contribution in [-0.2, 0) is 20.0 Å². The summed E-state index contributed by atoms with van der Waals surface area (Å²) >= 11 is 0. The Bertz CT molecular complexity index is 598. The van der Waals surface area contributed by atoms with Crippen LogP contribution in [0.5, 0.6) is 0 Å². The molecule has 0 bridgehead atoms. The maximum atomic E-state index is 4.52. The third kappa shape index (κ3) is 4.57. The summed E-state index contributed by atoms with van der Waals surface area (Å²) in [6.07, 6.45) is 5.45. The summed E-state index contributed by atoms with van der Waals surface area (Å²) in [6, 6.07) is 0. The van der Waals surface area contributed by atoms with Gasteiger partial charge in [0.2, 0.25) is 0 Å². The molecular weight excluding hydrogens is 280 g/mol. The molecule has 8 heteroatoms. The molecule has 0 amide bonds. The number of hydrogen-bond donors (Lipinski definition) is 3. The Morgan fingerprint density at radius 3 is 2.91 bits per heavy atom. The fraction of sp³-hybridized carbons (Fsp3) is 0.571. The van der Waals surface area contributed by atoms with Gasteiger partial charge in [-0.1, -0.05) is 0 Å². The zero-order valence-corrected chi connectivity index (χ0v) is 13.4. The van der Waals surface area contributed by atoms with E-state index in [1.165, 1.54) is 5.56 Å². The summed E-state index contributed by atoms with van der Waals surface area (Å²) < 4.78 is 1.73. The lowest BCUT2D eigenvalue weighted by molar-refractivity contribution is 0.694. The minimum atomic E-state index is 0.507. The summed E-state index contributed by atoms with van der Waals surface area (Å²) in [5, 5.41) is 17.6. The number of guanidine groups is 1. The van der Waals surface area contributed by atoms with Crippen molar-refractivity contribution in [2.45, 2.75) is 33.2 Å². The number of aromatic amines is 1. The zero-order valence-electron chi connectivity index (χ0n) is 13.4. The molecule has 0 radical (unpaired) electrons. The molecule has 0 saturated carbocycles. The van der Waals surface area contributed by atoms with E-state index >= 15 is 0 Å². The van der Waals surface area contributed by atoms with Gasteiger partial charge < -0.3 is 10.6 Å². The predicted molar refractivity (Wildman–Crippen MR) is 85.5 cm³/mol. The van der Waals surface area contributed by atoms with Crippen LogP contribution < -0.4 is 10.6 Å². The smallest absolute Gasteiger partial charge is 0.191 e. The average molecular weight is 304 g/mol. The molecule has 0 saturated heterocycles. The van der Waals surface area contributed by atoms with Crippen molar-refractivity contribution >= 4 is 5.96 Å². The van der Waals surface area contributed by atoms with Crippen molar-refractivity contribution in [1.29, 1.82) is 0 Å². The SMILES string of the molecule is CCNC(=NCc1ncnn1C)NCCCc1cn[nH]c1C. The van der Waals surface area contributed by atoms with Crippen LogP contribution >= 0.6 is 0 Å². The van der Waals surface area contributed by atoms with Gasteiger partial charge in [0.15, 0.2) is 5.96 Å². The third-order valence-electron chi connectivity index (χ3n) is 3.38. The molecule has 0 aliphatic rings. The van der Waals surface area contributed by atoms with Gasteiger partial charge >= 0.3 is 0 Å². The van der Waals surface area contributed by atoms with Gasteiger partial charge in [0.25, 0.3) is 0 Å². The lowest BCUT2D eigenvalue weighted by Gasteiger charge is -2.11. The molecule has 0 aromatic carbocycles. The van der Waals surface area contributed by atoms with Gasteiger partial charge in [-0.25, -0.2) is 9.98 Å². The highest BCUT2D eigenvalue weighted by atomic mass is 15.3. The Labute approximate surface area is 130 Å². The monoisotopic (exact) mass is 304 g/mol. The number of hydrogen-bond acceptors (Lipinski definition) is 4. The first-order chi connectivity index (χ1) is 10.7. The van der Waals surface area contributed by atoms with Crippen molar-refractivity contribution in [2.75, 3.05) is 13.1 Å². The number of aliphatic imine (C=N–C) groups is 1. The summed E-state index contributed by atoms with van der Waals surface area (Å²) in [6.45, 7) is 6.28. The highest BCUT2D eigenvalue weighted by Crippen LogP contribution is 2.04. The molecule has 2 heterocycles. The van der Waals surface area contributed by atoms with Crippen molar-refractivity contribution in [3.05, 3.63) is 29.6 Å². The topological polar surface area (TPSA) is 95.8 Å². The molecule has 22 heavy (non-hydrogen) atoms. The standard InChI is InChI=1S/C14H24N8/c1-4-15-14(17-9-13-18-10-20-22(13)3)16-7-5-6-12-8-19-21-11(12)2/h8,10H,4-7,9H2,1-3H3,(H,19,21)(H2,15,16,17). The van der Waals surface area contributed by atoms with Gasteiger partial charge in [-0.05, 0) is 32.3 Å². The minimum Gasteiger partial charge on any atom is -0.357 e. The maximum Gasteiger partial charge on any atom is 0.191 e. The Hall–Kier alpha value is -2.38. The van der Waals surface area contributed by atoms with Crippen molar-refractivity contribution < 1.29 is 0 Å². The van der Waals surface area contributed by atoms with Crippen LogP contribution in [0.4, 0.5) is 0 Å². The van der Waals surface area contributed by atoms with E-state index in [9.17, 15) is 0 Å². The first kappa shape index (κ1) is 16.0. The quantitative estimate of drug-likeness (QED) is 0.394. The number of nitrogens with zero attached hydrogens (tertiary/aromatic N) is 5. The first-order valence-electron chi connectivity index (χ1n) is 7.54. The minimum absolute atomic E-state index is 0.507. The summed E-state index contributed by atoms with van der Waals surface area (Å²) in [4.78, 5) is 8.69. The van der Waals surface area contributed by atoms with Gasteiger partial charge in [-0.2, -0.15) is 10.2 Å². The zero-order chi connectivity index (χ0) is 15.8. The summed E-state index contributed by atoms with van der Waals surface area (Å²) in [7, 11) is 1.87. The van der Waals surface area contributed by atoms with E-state index in [0.717, 1.165) is 43.4 Å². The molecule has 0 unspecified atom stereocenters. The van der Waals surface area contributed by atoms with E-state index in [1.54, 1.807) is 11.0 Å². The van der Waals surface area contributed by atoms with Crippen molar-refractivity contribution in [3.63, 3.8) is 0 Å². The van der Waals surface area contributed by atoms with Gasteiger partial charge in [0.05, 0.1) is 6.20 Å². The Balaban J connectivity index is 1.78. The molecule has 8 nitrogen and oxygen atoms in total. The average Bonchev–Trinajstić information content (AvgIpc) is 3.09. The Morgan fingerprint density at radius 1 is 1.41 bits per heavy atom. The van der Waals surface area contributed by atoms with E-state index in [-0.39, 0.29) is 0 Å². The van der Waals surface area contributed by atoms with Gasteiger partial charge in [0, 0.05) is 25.8 Å². The Kier molecular flexibility index (Phi) is 5.93. The molecular formula is C14H24N8. The predicted octanol–water partition coefficient (Wildman–Crippen LogP) is 0.535. The van der Waals surface area contributed by atoms with Crippen LogP contribution in [0.2, 0.25) is 0 Å². The molecule has 0 aliphatic carbocycles. The molecule has 2 aromatic heterocycles. The fourth-order valence-corrected chi connectivity index (χ4v) is 2.07. The molecule has 120 valence electrons. The molecule has 0 fully saturated rings. The largest absolute Gasteiger partial charge is 0.357 e. The molecule has 0 atom stereocenters. The second kappa shape index (κ2) is 8.16. The molecule has 2 rings (SSSR count). The number of aryl methyl sites for hydroxylation is 3. The van der Waals surface area contributed by atoms with Crippen LogP contribution in [0.3, 0.4) is 0 Å². The van der Waals surface area contributed by atoms with Gasteiger partial charge in [-0.3, -0.25) is 9.78 Å². The second-order valence-corrected chi connectivity index (χ2v) is 5.05. The van der Waals surface area contributed by atoms with Crippen LogP contribution in [-0.4, -0.2) is 44.0 Å². The third-order valence-corrected chi connectivity index (χ3v) is 3.38. The summed E-state index contributed by atoms with van der Waals surface area (Å²) in [5.41, 5.74) is 2.41. The Morgan fingerprint density at radius 2 is 2.27 bits per heavy atom. The lowest BCUT2D eigenvalue weighted by atomic mass is 10.1. The fourth-order valence-electron chi connectivity index (χ4n) is 2.07. The van der Waals surface area contributed by atoms with E-state index in [0.29, 0.717) is 6.54 Å². The number of aromatic nitrogens is 5. The van der Waals surface area contributed by atoms with E-state index in [4.69, 9.17) is 0 Å². The first-order valence-corrected chi connectivity index (χ1v) is 7.54. The van der Waals surface area contributed by atoms with E-state index in [1.807, 2.05) is 27.1 Å². The molecule has 2 aromatic rings. The van der Waals surface area contributed by atoms with E-state index in [2.05, 4.69) is 35.9 Å². The van der Waals surface area contributed by atoms with Crippen LogP contribution in [0.15, 0.2) is 17.5 Å². The molecule has 0 spiro atoms. The van der Waals surface area contributed by atoms with Crippen LogP contribution in [0.25, 0.3) is 0 Å². The van der Waals surface area contributed by atoms with E-state index < -0.39 is 0 Å². The lowest BCUT2D eigenvalue weighted by Crippen LogP contribution is -2.38. The molecule has 0 aliphatic heterocycles. The highest BCUT2D eigenvalue weighted by molar-refractivity contribution is 5.79. The highest BCUT2D eigenvalue weighted by Gasteiger charge is 2.03.